The Bertz CT molecular complexity index is 1390. The van der Waals surface area contributed by atoms with Gasteiger partial charge in [0.25, 0.3) is 0 Å². The molecule has 1 fully saturated rings. The Hall–Kier alpha value is -3.47. The van der Waals surface area contributed by atoms with Gasteiger partial charge < -0.3 is 20.6 Å². The Morgan fingerprint density at radius 3 is 2.54 bits per heavy atom. The van der Waals surface area contributed by atoms with Crippen molar-refractivity contribution in [1.82, 2.24) is 20.5 Å². The number of hydrogen-bond donors (Lipinski definition) is 3. The maximum Gasteiger partial charge on any atom is 0.243 e. The quantitative estimate of drug-likeness (QED) is 0.293. The molecule has 4 atom stereocenters. The highest BCUT2D eigenvalue weighted by Crippen LogP contribution is 2.27. The molecule has 1 saturated heterocycles. The summed E-state index contributed by atoms with van der Waals surface area (Å²) in [6.45, 7) is 7.78. The van der Waals surface area contributed by atoms with Crippen molar-refractivity contribution in [2.24, 2.45) is 5.92 Å². The number of nitrogens with one attached hydrogen (secondary N) is 2. The number of benzene rings is 2. The summed E-state index contributed by atoms with van der Waals surface area (Å²) in [4.78, 5) is 46.0. The fourth-order valence-electron chi connectivity index (χ4n) is 5.16. The van der Waals surface area contributed by atoms with Crippen molar-refractivity contribution in [1.29, 1.82) is 0 Å². The molecule has 0 unspecified atom stereocenters. The van der Waals surface area contributed by atoms with E-state index in [0.717, 1.165) is 21.7 Å². The minimum atomic E-state index is -0.810. The number of carbonyl (C=O) groups is 3. The molecule has 2 aromatic carbocycles. The van der Waals surface area contributed by atoms with Crippen LogP contribution in [-0.2, 0) is 22.7 Å². The van der Waals surface area contributed by atoms with Crippen LogP contribution in [0.2, 0.25) is 0 Å². The van der Waals surface area contributed by atoms with E-state index in [2.05, 4.69) is 15.6 Å². The van der Waals surface area contributed by atoms with Gasteiger partial charge in [0, 0.05) is 31.6 Å². The van der Waals surface area contributed by atoms with Crippen LogP contribution in [0.3, 0.4) is 0 Å². The monoisotopic (exact) mass is 580 g/mol. The minimum Gasteiger partial charge on any atom is -0.391 e. The van der Waals surface area contributed by atoms with E-state index in [0.29, 0.717) is 18.5 Å². The largest absolute Gasteiger partial charge is 0.391 e. The van der Waals surface area contributed by atoms with Crippen LogP contribution in [0.5, 0.6) is 0 Å². The van der Waals surface area contributed by atoms with Crippen molar-refractivity contribution in [2.75, 3.05) is 6.54 Å². The van der Waals surface area contributed by atoms with Gasteiger partial charge >= 0.3 is 0 Å². The second kappa shape index (κ2) is 13.5. The fraction of sp³-hybridized carbons (Fsp3) is 0.419. The molecule has 2 amide bonds. The summed E-state index contributed by atoms with van der Waals surface area (Å²) < 4.78 is 13.7. The van der Waals surface area contributed by atoms with Gasteiger partial charge in [-0.2, -0.15) is 0 Å². The number of thiazole rings is 1. The predicted molar refractivity (Wildman–Crippen MR) is 157 cm³/mol. The molecule has 4 rings (SSSR count). The zero-order valence-electron chi connectivity index (χ0n) is 23.8. The molecule has 10 heteroatoms. The number of carbonyl (C=O) groups excluding carboxylic acids is 3. The number of aliphatic hydroxyl groups excluding tert-OH is 1. The number of halogens is 1. The lowest BCUT2D eigenvalue weighted by atomic mass is 9.96. The Kier molecular flexibility index (Phi) is 10.0. The van der Waals surface area contributed by atoms with E-state index in [-0.39, 0.29) is 48.6 Å². The molecule has 218 valence electrons. The summed E-state index contributed by atoms with van der Waals surface area (Å²) in [5.41, 5.74) is 5.62. The van der Waals surface area contributed by atoms with Crippen molar-refractivity contribution < 1.29 is 23.9 Å². The van der Waals surface area contributed by atoms with Gasteiger partial charge in [0.05, 0.1) is 28.2 Å². The van der Waals surface area contributed by atoms with Gasteiger partial charge in [-0.1, -0.05) is 50.6 Å². The molecule has 0 aliphatic carbocycles. The zero-order valence-corrected chi connectivity index (χ0v) is 24.6. The number of amides is 2. The molecule has 0 radical (unpaired) electrons. The molecule has 8 nitrogen and oxygen atoms in total. The topological polar surface area (TPSA) is 112 Å². The number of nitrogens with zero attached hydrogens (tertiary/aromatic N) is 2. The lowest BCUT2D eigenvalue weighted by Crippen LogP contribution is -2.54. The zero-order chi connectivity index (χ0) is 29.7. The van der Waals surface area contributed by atoms with E-state index in [9.17, 15) is 23.9 Å². The predicted octanol–water partition coefficient (Wildman–Crippen LogP) is 4.24. The highest BCUT2D eigenvalue weighted by molar-refractivity contribution is 7.13. The highest BCUT2D eigenvalue weighted by atomic mass is 32.1. The first-order valence-electron chi connectivity index (χ1n) is 13.9. The Balaban J connectivity index is 1.43. The molecule has 1 aliphatic rings. The molecule has 3 N–H and O–H groups in total. The maximum atomic E-state index is 13.8. The minimum absolute atomic E-state index is 0.0592. The van der Waals surface area contributed by atoms with Crippen LogP contribution in [0.25, 0.3) is 10.4 Å². The highest BCUT2D eigenvalue weighted by Gasteiger charge is 2.42. The van der Waals surface area contributed by atoms with Crippen molar-refractivity contribution in [3.63, 3.8) is 0 Å². The van der Waals surface area contributed by atoms with Crippen LogP contribution in [0.4, 0.5) is 4.39 Å². The molecule has 0 saturated carbocycles. The Labute approximate surface area is 244 Å². The number of rotatable bonds is 11. The summed E-state index contributed by atoms with van der Waals surface area (Å²) in [5.74, 6) is -1.46. The number of likely N-dealkylation sites (tertiary alicyclic amines) is 1. The smallest absolute Gasteiger partial charge is 0.243 e. The van der Waals surface area contributed by atoms with Gasteiger partial charge in [-0.25, -0.2) is 9.37 Å². The molecule has 0 spiro atoms. The van der Waals surface area contributed by atoms with Crippen molar-refractivity contribution in [3.8, 4) is 10.4 Å². The molecule has 1 aliphatic heterocycles. The summed E-state index contributed by atoms with van der Waals surface area (Å²) in [7, 11) is 0. The van der Waals surface area contributed by atoms with Crippen LogP contribution in [0.1, 0.15) is 60.8 Å². The van der Waals surface area contributed by atoms with Crippen LogP contribution in [0, 0.1) is 18.7 Å². The van der Waals surface area contributed by atoms with Crippen molar-refractivity contribution >= 4 is 28.9 Å². The van der Waals surface area contributed by atoms with Gasteiger partial charge in [0.2, 0.25) is 11.8 Å². The fourth-order valence-corrected chi connectivity index (χ4v) is 5.97. The maximum absolute atomic E-state index is 13.8. The van der Waals surface area contributed by atoms with Crippen LogP contribution in [0.15, 0.2) is 48.0 Å². The number of aliphatic hydroxyl groups is 1. The van der Waals surface area contributed by atoms with Gasteiger partial charge in [-0.15, -0.1) is 11.3 Å². The van der Waals surface area contributed by atoms with Crippen LogP contribution in [-0.4, -0.2) is 57.3 Å². The molecule has 1 aromatic heterocycles. The van der Waals surface area contributed by atoms with Crippen LogP contribution >= 0.6 is 11.3 Å². The number of Topliss-reactive ketones (excluding diaryl/α,β-unsaturated/α-hetero) is 1. The SMILES string of the molecule is CC[C@H](C)[C@H](NCc1ccc(F)cc1C(C)=O)C(=O)N1C[C@H](O)C[C@H]1C(=O)NCc1ccc(-c2scnc2C)cc1. The number of β-amino-alcohol motifs (C(OH)–C–C–N with tert-alkyl or cyclic N) is 1. The lowest BCUT2D eigenvalue weighted by molar-refractivity contribution is -0.141. The molecule has 41 heavy (non-hydrogen) atoms. The first-order valence-corrected chi connectivity index (χ1v) is 14.7. The van der Waals surface area contributed by atoms with Gasteiger partial charge in [-0.05, 0) is 48.6 Å². The Morgan fingerprint density at radius 1 is 1.17 bits per heavy atom. The third kappa shape index (κ3) is 7.25. The van der Waals surface area contributed by atoms with Gasteiger partial charge in [0.1, 0.15) is 11.9 Å². The lowest BCUT2D eigenvalue weighted by Gasteiger charge is -2.31. The van der Waals surface area contributed by atoms with Gasteiger partial charge in [-0.3, -0.25) is 14.4 Å². The van der Waals surface area contributed by atoms with Crippen molar-refractivity contribution in [2.45, 2.75) is 71.8 Å². The van der Waals surface area contributed by atoms with E-state index < -0.39 is 24.0 Å². The van der Waals surface area contributed by atoms with E-state index in [1.807, 2.05) is 50.5 Å². The average molecular weight is 581 g/mol. The van der Waals surface area contributed by atoms with E-state index >= 15 is 0 Å². The third-order valence-corrected chi connectivity index (χ3v) is 8.71. The van der Waals surface area contributed by atoms with Crippen LogP contribution < -0.4 is 10.6 Å². The average Bonchev–Trinajstić information content (AvgIpc) is 3.57. The first-order chi connectivity index (χ1) is 19.6. The number of aryl methyl sites for hydroxylation is 1. The van der Waals surface area contributed by atoms with Crippen molar-refractivity contribution in [3.05, 3.63) is 76.2 Å². The molecule has 0 bridgehead atoms. The standard InChI is InChI=1S/C31H37FN4O4S/c1-5-18(2)28(33-15-23-10-11-24(32)12-26(23)20(4)37)31(40)36-16-25(38)13-27(36)30(39)34-14-21-6-8-22(9-7-21)29-19(3)35-17-41-29/h6-12,17-18,25,27-28,33,38H,5,13-16H2,1-4H3,(H,34,39)/t18-,25+,27-,28-/m0/s1. The van der Waals surface area contributed by atoms with E-state index in [4.69, 9.17) is 0 Å². The van der Waals surface area contributed by atoms with E-state index in [1.54, 1.807) is 11.3 Å². The molecule has 3 aromatic rings. The molecular weight excluding hydrogens is 543 g/mol. The molecule has 2 heterocycles. The van der Waals surface area contributed by atoms with E-state index in [1.165, 1.54) is 30.0 Å². The molecular formula is C31H37FN4O4S. The summed E-state index contributed by atoms with van der Waals surface area (Å²) >= 11 is 1.58. The summed E-state index contributed by atoms with van der Waals surface area (Å²) in [6.07, 6.45) is 0.0352. The second-order valence-corrected chi connectivity index (χ2v) is 11.5. The number of ketones is 1. The second-order valence-electron chi connectivity index (χ2n) is 10.7. The number of aromatic nitrogens is 1. The first kappa shape index (κ1) is 30.5. The summed E-state index contributed by atoms with van der Waals surface area (Å²) in [6, 6.07) is 10.5. The summed E-state index contributed by atoms with van der Waals surface area (Å²) in [5, 5.41) is 16.6. The normalized spacial score (nSPS) is 18.2. The number of hydrogen-bond acceptors (Lipinski definition) is 7. The van der Waals surface area contributed by atoms with Gasteiger partial charge in [0.15, 0.2) is 5.78 Å². The Morgan fingerprint density at radius 2 is 1.90 bits per heavy atom. The third-order valence-electron chi connectivity index (χ3n) is 7.74.